The summed E-state index contributed by atoms with van der Waals surface area (Å²) in [6, 6.07) is 11.6. The molecule has 0 aliphatic heterocycles. The predicted molar refractivity (Wildman–Crippen MR) is 114 cm³/mol. The van der Waals surface area contributed by atoms with E-state index < -0.39 is 0 Å². The number of nitrogens with one attached hydrogen (secondary N) is 1. The van der Waals surface area contributed by atoms with Gasteiger partial charge in [0.25, 0.3) is 5.56 Å². The van der Waals surface area contributed by atoms with E-state index >= 15 is 0 Å². The lowest BCUT2D eigenvalue weighted by Crippen LogP contribution is -2.17. The van der Waals surface area contributed by atoms with Gasteiger partial charge in [0, 0.05) is 11.9 Å². The van der Waals surface area contributed by atoms with Gasteiger partial charge in [-0.05, 0) is 62.2 Å². The van der Waals surface area contributed by atoms with E-state index in [9.17, 15) is 4.79 Å². The number of fused-ring (bicyclic) bond motifs is 1. The maximum absolute atomic E-state index is 12.9. The number of aryl methyl sites for hydroxylation is 3. The molecule has 2 aromatic heterocycles. The van der Waals surface area contributed by atoms with Gasteiger partial charge in [0.1, 0.15) is 5.75 Å². The van der Waals surface area contributed by atoms with E-state index in [4.69, 9.17) is 4.74 Å². The molecule has 0 aliphatic rings. The Hall–Kier alpha value is -3.19. The Kier molecular flexibility index (Phi) is 4.60. The summed E-state index contributed by atoms with van der Waals surface area (Å²) in [7, 11) is 1.64. The van der Waals surface area contributed by atoms with Gasteiger partial charge in [-0.2, -0.15) is 0 Å². The predicted octanol–water partition coefficient (Wildman–Crippen LogP) is 4.46. The average Bonchev–Trinajstić information content (AvgIpc) is 3.22. The number of ether oxygens (including phenoxy) is 1. The molecule has 2 heterocycles. The molecule has 28 heavy (non-hydrogen) atoms. The number of aromatic amines is 1. The third-order valence-electron chi connectivity index (χ3n) is 4.75. The summed E-state index contributed by atoms with van der Waals surface area (Å²) >= 11 is 1.46. The second kappa shape index (κ2) is 7.09. The highest BCUT2D eigenvalue weighted by Crippen LogP contribution is 2.30. The highest BCUT2D eigenvalue weighted by atomic mass is 32.1. The zero-order valence-corrected chi connectivity index (χ0v) is 16.9. The number of H-pyrrole nitrogens is 1. The lowest BCUT2D eigenvalue weighted by atomic mass is 10.1. The summed E-state index contributed by atoms with van der Waals surface area (Å²) in [5.74, 6) is 0.782. The molecule has 4 aromatic rings. The van der Waals surface area contributed by atoms with Crippen LogP contribution in [-0.2, 0) is 0 Å². The number of aromatic nitrogens is 3. The van der Waals surface area contributed by atoms with Crippen LogP contribution < -0.4 is 10.3 Å². The molecule has 0 fully saturated rings. The Morgan fingerprint density at radius 2 is 1.96 bits per heavy atom. The lowest BCUT2D eigenvalue weighted by molar-refractivity contribution is 0.415. The first-order valence-electron chi connectivity index (χ1n) is 8.84. The second-order valence-electron chi connectivity index (χ2n) is 6.65. The van der Waals surface area contributed by atoms with E-state index in [1.165, 1.54) is 16.9 Å². The average molecular weight is 392 g/mol. The monoisotopic (exact) mass is 392 g/mol. The van der Waals surface area contributed by atoms with Crippen molar-refractivity contribution in [3.63, 3.8) is 0 Å². The molecule has 142 valence electrons. The molecule has 0 saturated heterocycles. The van der Waals surface area contributed by atoms with Crippen LogP contribution in [0.2, 0.25) is 0 Å². The van der Waals surface area contributed by atoms with Crippen LogP contribution >= 0.6 is 11.3 Å². The van der Waals surface area contributed by atoms with Crippen molar-refractivity contribution < 1.29 is 4.74 Å². The molecular weight excluding hydrogens is 372 g/mol. The number of thiazole rings is 1. The number of hydrogen-bond donors (Lipinski definition) is 1. The summed E-state index contributed by atoms with van der Waals surface area (Å²) < 4.78 is 7.78. The highest BCUT2D eigenvalue weighted by Gasteiger charge is 2.12. The molecule has 0 atom stereocenters. The van der Waals surface area contributed by atoms with Crippen LogP contribution in [0, 0.1) is 20.8 Å². The van der Waals surface area contributed by atoms with Crippen molar-refractivity contribution in [3.8, 4) is 11.4 Å². The van der Waals surface area contributed by atoms with Crippen LogP contribution in [0.5, 0.6) is 5.75 Å². The van der Waals surface area contributed by atoms with E-state index in [0.717, 1.165) is 32.9 Å². The first-order valence-corrected chi connectivity index (χ1v) is 9.66. The van der Waals surface area contributed by atoms with Crippen LogP contribution in [0.1, 0.15) is 22.4 Å². The van der Waals surface area contributed by atoms with Crippen LogP contribution in [-0.4, -0.2) is 28.1 Å². The molecular formula is C21H20N4O2S. The normalized spacial score (nSPS) is 11.6. The zero-order valence-electron chi connectivity index (χ0n) is 16.1. The molecule has 0 radical (unpaired) electrons. The molecule has 0 saturated carbocycles. The Morgan fingerprint density at radius 1 is 1.14 bits per heavy atom. The molecule has 2 aromatic carbocycles. The quantitative estimate of drug-likeness (QED) is 0.521. The fraction of sp³-hybridized carbons (Fsp3) is 0.190. The number of aliphatic imine (C=N–C) groups is 1. The van der Waals surface area contributed by atoms with Crippen molar-refractivity contribution >= 4 is 32.9 Å². The SMILES string of the molecule is COc1ccc2nc(/N=C/c3c(C)[nH]n(-c4ccc(C)c(C)c4)c3=O)sc2c1. The van der Waals surface area contributed by atoms with Gasteiger partial charge >= 0.3 is 0 Å². The number of methoxy groups -OCH3 is 1. The minimum atomic E-state index is -0.132. The number of nitrogens with zero attached hydrogens (tertiary/aromatic N) is 3. The van der Waals surface area contributed by atoms with Gasteiger partial charge in [-0.3, -0.25) is 9.89 Å². The van der Waals surface area contributed by atoms with Crippen molar-refractivity contribution in [1.82, 2.24) is 14.8 Å². The van der Waals surface area contributed by atoms with Crippen LogP contribution in [0.25, 0.3) is 15.9 Å². The van der Waals surface area contributed by atoms with E-state index in [1.807, 2.05) is 57.2 Å². The number of hydrogen-bond acceptors (Lipinski definition) is 5. The third kappa shape index (κ3) is 3.25. The second-order valence-corrected chi connectivity index (χ2v) is 7.66. The fourth-order valence-corrected chi connectivity index (χ4v) is 3.79. The van der Waals surface area contributed by atoms with Gasteiger partial charge in [-0.25, -0.2) is 14.7 Å². The van der Waals surface area contributed by atoms with Gasteiger partial charge < -0.3 is 4.74 Å². The van der Waals surface area contributed by atoms with E-state index in [2.05, 4.69) is 15.1 Å². The molecule has 1 N–H and O–H groups in total. The molecule has 4 rings (SSSR count). The molecule has 0 aliphatic carbocycles. The van der Waals surface area contributed by atoms with Gasteiger partial charge in [-0.1, -0.05) is 17.4 Å². The molecule has 7 heteroatoms. The fourth-order valence-electron chi connectivity index (χ4n) is 2.95. The first kappa shape index (κ1) is 18.2. The van der Waals surface area contributed by atoms with Gasteiger partial charge in [0.05, 0.1) is 28.6 Å². The Bertz CT molecular complexity index is 1260. The smallest absolute Gasteiger partial charge is 0.280 e. The summed E-state index contributed by atoms with van der Waals surface area (Å²) in [4.78, 5) is 21.8. The molecule has 0 amide bonds. The minimum Gasteiger partial charge on any atom is -0.497 e. The zero-order chi connectivity index (χ0) is 19.8. The van der Waals surface area contributed by atoms with E-state index in [-0.39, 0.29) is 5.56 Å². The summed E-state index contributed by atoms with van der Waals surface area (Å²) in [6.45, 7) is 5.95. The molecule has 0 unspecified atom stereocenters. The third-order valence-corrected chi connectivity index (χ3v) is 5.68. The Balaban J connectivity index is 1.69. The Labute approximate surface area is 166 Å². The highest BCUT2D eigenvalue weighted by molar-refractivity contribution is 7.22. The number of benzene rings is 2. The van der Waals surface area contributed by atoms with Crippen molar-refractivity contribution in [2.24, 2.45) is 4.99 Å². The van der Waals surface area contributed by atoms with Crippen molar-refractivity contribution in [2.75, 3.05) is 7.11 Å². The number of rotatable bonds is 4. The van der Waals surface area contributed by atoms with Crippen LogP contribution in [0.3, 0.4) is 0 Å². The van der Waals surface area contributed by atoms with Crippen molar-refractivity contribution in [2.45, 2.75) is 20.8 Å². The maximum atomic E-state index is 12.9. The van der Waals surface area contributed by atoms with Gasteiger partial charge in [-0.15, -0.1) is 0 Å². The maximum Gasteiger partial charge on any atom is 0.280 e. The first-order chi connectivity index (χ1) is 13.5. The van der Waals surface area contributed by atoms with Crippen LogP contribution in [0.4, 0.5) is 5.13 Å². The van der Waals surface area contributed by atoms with Gasteiger partial charge in [0.15, 0.2) is 0 Å². The summed E-state index contributed by atoms with van der Waals surface area (Å²) in [5.41, 5.74) is 5.14. The van der Waals surface area contributed by atoms with E-state index in [1.54, 1.807) is 18.0 Å². The topological polar surface area (TPSA) is 72.3 Å². The van der Waals surface area contributed by atoms with Crippen molar-refractivity contribution in [1.29, 1.82) is 0 Å². The summed E-state index contributed by atoms with van der Waals surface area (Å²) in [6.07, 6.45) is 1.58. The van der Waals surface area contributed by atoms with Crippen molar-refractivity contribution in [3.05, 3.63) is 69.1 Å². The Morgan fingerprint density at radius 3 is 2.71 bits per heavy atom. The van der Waals surface area contributed by atoms with Gasteiger partial charge in [0.2, 0.25) is 5.13 Å². The summed E-state index contributed by atoms with van der Waals surface area (Å²) in [5, 5.41) is 3.73. The largest absolute Gasteiger partial charge is 0.497 e. The van der Waals surface area contributed by atoms with E-state index in [0.29, 0.717) is 10.7 Å². The molecule has 0 bridgehead atoms. The molecule has 0 spiro atoms. The minimum absolute atomic E-state index is 0.132. The lowest BCUT2D eigenvalue weighted by Gasteiger charge is -2.05. The van der Waals surface area contributed by atoms with Crippen LogP contribution in [0.15, 0.2) is 46.2 Å². The molecule has 6 nitrogen and oxygen atoms in total. The standard InChI is InChI=1S/C21H20N4O2S/c1-12-5-6-15(9-13(12)2)25-20(26)17(14(3)24-25)11-22-21-23-18-8-7-16(27-4)10-19(18)28-21/h5-11,24H,1-4H3/b22-11+.